The smallest absolute Gasteiger partial charge is 0.265 e. The number of carbonyl (C=O) groups excluding carboxylic acids is 1. The molecule has 0 aliphatic rings. The van der Waals surface area contributed by atoms with Gasteiger partial charge in [0.1, 0.15) is 17.2 Å². The minimum Gasteiger partial charge on any atom is -0.481 e. The van der Waals surface area contributed by atoms with Crippen molar-refractivity contribution in [2.24, 2.45) is 0 Å². The van der Waals surface area contributed by atoms with Gasteiger partial charge in [-0.3, -0.25) is 4.79 Å². The van der Waals surface area contributed by atoms with Crippen molar-refractivity contribution in [3.8, 4) is 23.3 Å². The van der Waals surface area contributed by atoms with Crippen molar-refractivity contribution in [2.75, 3.05) is 5.32 Å². The molecule has 146 valence electrons. The standard InChI is InChI=1S/C22H16Cl2N2O3/c1-14(22(27)26-18-11-16(23)10-17(24)12-18)28-19-6-8-21(9-7-19)29-20-4-2-15(13-25)3-5-20/h2-12,14H,1H3,(H,26,27). The average Bonchev–Trinajstić information content (AvgIpc) is 2.69. The van der Waals surface area contributed by atoms with E-state index in [4.69, 9.17) is 37.9 Å². The van der Waals surface area contributed by atoms with Crippen LogP contribution < -0.4 is 14.8 Å². The van der Waals surface area contributed by atoms with E-state index >= 15 is 0 Å². The van der Waals surface area contributed by atoms with Gasteiger partial charge in [0.2, 0.25) is 0 Å². The van der Waals surface area contributed by atoms with E-state index in [1.54, 1.807) is 73.7 Å². The molecule has 0 aliphatic carbocycles. The van der Waals surface area contributed by atoms with E-state index in [0.29, 0.717) is 38.5 Å². The summed E-state index contributed by atoms with van der Waals surface area (Å²) in [5.41, 5.74) is 1.06. The Morgan fingerprint density at radius 2 is 1.45 bits per heavy atom. The summed E-state index contributed by atoms with van der Waals surface area (Å²) < 4.78 is 11.4. The minimum atomic E-state index is -0.738. The summed E-state index contributed by atoms with van der Waals surface area (Å²) in [5, 5.41) is 12.4. The number of nitriles is 1. The molecule has 0 bridgehead atoms. The van der Waals surface area contributed by atoms with Gasteiger partial charge in [0.05, 0.1) is 11.6 Å². The summed E-state index contributed by atoms with van der Waals surface area (Å²) in [6.45, 7) is 1.64. The molecular formula is C22H16Cl2N2O3. The van der Waals surface area contributed by atoms with Gasteiger partial charge in [-0.25, -0.2) is 0 Å². The highest BCUT2D eigenvalue weighted by Crippen LogP contribution is 2.25. The first-order valence-electron chi connectivity index (χ1n) is 8.64. The molecular weight excluding hydrogens is 411 g/mol. The van der Waals surface area contributed by atoms with Crippen molar-refractivity contribution in [1.82, 2.24) is 0 Å². The first kappa shape index (κ1) is 20.5. The van der Waals surface area contributed by atoms with Crippen LogP contribution in [0.25, 0.3) is 0 Å². The summed E-state index contributed by atoms with van der Waals surface area (Å²) in [7, 11) is 0. The Morgan fingerprint density at radius 1 is 0.931 bits per heavy atom. The molecule has 0 aliphatic heterocycles. The molecule has 0 spiro atoms. The third-order valence-corrected chi connectivity index (χ3v) is 4.29. The number of halogens is 2. The molecule has 1 atom stereocenters. The van der Waals surface area contributed by atoms with Gasteiger partial charge in [0, 0.05) is 15.7 Å². The molecule has 3 rings (SSSR count). The van der Waals surface area contributed by atoms with E-state index in [-0.39, 0.29) is 5.91 Å². The van der Waals surface area contributed by atoms with E-state index in [1.807, 2.05) is 0 Å². The van der Waals surface area contributed by atoms with Gasteiger partial charge in [0.15, 0.2) is 6.10 Å². The van der Waals surface area contributed by atoms with Crippen molar-refractivity contribution in [1.29, 1.82) is 5.26 Å². The topological polar surface area (TPSA) is 71.3 Å². The molecule has 1 unspecified atom stereocenters. The van der Waals surface area contributed by atoms with Crippen LogP contribution in [0.2, 0.25) is 10.0 Å². The number of anilines is 1. The lowest BCUT2D eigenvalue weighted by Crippen LogP contribution is -2.30. The summed E-state index contributed by atoms with van der Waals surface area (Å²) in [6.07, 6.45) is -0.738. The molecule has 0 heterocycles. The van der Waals surface area contributed by atoms with Gasteiger partial charge in [-0.05, 0) is 73.7 Å². The molecule has 0 aromatic heterocycles. The average molecular weight is 427 g/mol. The SMILES string of the molecule is CC(Oc1ccc(Oc2ccc(C#N)cc2)cc1)C(=O)Nc1cc(Cl)cc(Cl)c1. The monoisotopic (exact) mass is 426 g/mol. The summed E-state index contributed by atoms with van der Waals surface area (Å²) >= 11 is 11.9. The number of carbonyl (C=O) groups is 1. The zero-order valence-corrected chi connectivity index (χ0v) is 16.9. The van der Waals surface area contributed by atoms with Crippen molar-refractivity contribution in [3.63, 3.8) is 0 Å². The Morgan fingerprint density at radius 3 is 2.00 bits per heavy atom. The second kappa shape index (κ2) is 9.33. The fourth-order valence-corrected chi connectivity index (χ4v) is 2.97. The quantitative estimate of drug-likeness (QED) is 0.519. The zero-order valence-electron chi connectivity index (χ0n) is 15.4. The van der Waals surface area contributed by atoms with Gasteiger partial charge in [-0.15, -0.1) is 0 Å². The molecule has 1 N–H and O–H groups in total. The minimum absolute atomic E-state index is 0.332. The number of nitrogens with one attached hydrogen (secondary N) is 1. The molecule has 7 heteroatoms. The van der Waals surface area contributed by atoms with Crippen LogP contribution in [0.5, 0.6) is 17.2 Å². The van der Waals surface area contributed by atoms with Crippen LogP contribution in [-0.4, -0.2) is 12.0 Å². The maximum absolute atomic E-state index is 12.3. The lowest BCUT2D eigenvalue weighted by Gasteiger charge is -2.15. The Bertz CT molecular complexity index is 1020. The highest BCUT2D eigenvalue weighted by atomic mass is 35.5. The van der Waals surface area contributed by atoms with Crippen LogP contribution in [0.4, 0.5) is 5.69 Å². The molecule has 1 amide bonds. The third kappa shape index (κ3) is 5.89. The fraction of sp³-hybridized carbons (Fsp3) is 0.0909. The molecule has 29 heavy (non-hydrogen) atoms. The van der Waals surface area contributed by atoms with Crippen LogP contribution in [0, 0.1) is 11.3 Å². The molecule has 0 fully saturated rings. The van der Waals surface area contributed by atoms with Crippen LogP contribution in [-0.2, 0) is 4.79 Å². The van der Waals surface area contributed by atoms with Crippen molar-refractivity contribution in [2.45, 2.75) is 13.0 Å². The number of benzene rings is 3. The number of rotatable bonds is 6. The normalized spacial score (nSPS) is 11.2. The Labute approximate surface area is 178 Å². The van der Waals surface area contributed by atoms with Crippen LogP contribution in [0.15, 0.2) is 66.7 Å². The number of hydrogen-bond donors (Lipinski definition) is 1. The second-order valence-electron chi connectivity index (χ2n) is 6.12. The maximum Gasteiger partial charge on any atom is 0.265 e. The lowest BCUT2D eigenvalue weighted by atomic mass is 10.2. The maximum atomic E-state index is 12.3. The van der Waals surface area contributed by atoms with Gasteiger partial charge in [-0.1, -0.05) is 23.2 Å². The number of hydrogen-bond acceptors (Lipinski definition) is 4. The van der Waals surface area contributed by atoms with Gasteiger partial charge in [0.25, 0.3) is 5.91 Å². The van der Waals surface area contributed by atoms with E-state index < -0.39 is 6.10 Å². The number of amides is 1. The lowest BCUT2D eigenvalue weighted by molar-refractivity contribution is -0.122. The molecule has 0 saturated carbocycles. The Kier molecular flexibility index (Phi) is 6.61. The van der Waals surface area contributed by atoms with E-state index in [1.165, 1.54) is 0 Å². The van der Waals surface area contributed by atoms with Crippen LogP contribution in [0.3, 0.4) is 0 Å². The summed E-state index contributed by atoms with van der Waals surface area (Å²) in [6, 6.07) is 20.5. The fourth-order valence-electron chi connectivity index (χ4n) is 2.45. The van der Waals surface area contributed by atoms with Crippen molar-refractivity contribution >= 4 is 34.8 Å². The first-order chi connectivity index (χ1) is 13.9. The summed E-state index contributed by atoms with van der Waals surface area (Å²) in [5.74, 6) is 1.41. The Hall–Kier alpha value is -3.20. The number of ether oxygens (including phenoxy) is 2. The van der Waals surface area contributed by atoms with Crippen molar-refractivity contribution < 1.29 is 14.3 Å². The second-order valence-corrected chi connectivity index (χ2v) is 6.99. The molecule has 0 saturated heterocycles. The largest absolute Gasteiger partial charge is 0.481 e. The predicted molar refractivity (Wildman–Crippen MR) is 113 cm³/mol. The molecule has 3 aromatic carbocycles. The van der Waals surface area contributed by atoms with E-state index in [0.717, 1.165) is 0 Å². The van der Waals surface area contributed by atoms with Gasteiger partial charge in [-0.2, -0.15) is 5.26 Å². The number of nitrogens with zero attached hydrogens (tertiary/aromatic N) is 1. The van der Waals surface area contributed by atoms with Crippen LogP contribution in [0.1, 0.15) is 12.5 Å². The van der Waals surface area contributed by atoms with Crippen LogP contribution >= 0.6 is 23.2 Å². The highest BCUT2D eigenvalue weighted by molar-refractivity contribution is 6.35. The van der Waals surface area contributed by atoms with Gasteiger partial charge < -0.3 is 14.8 Å². The predicted octanol–water partition coefficient (Wildman–Crippen LogP) is 6.06. The first-order valence-corrected chi connectivity index (χ1v) is 9.40. The third-order valence-electron chi connectivity index (χ3n) is 3.86. The molecule has 5 nitrogen and oxygen atoms in total. The summed E-state index contributed by atoms with van der Waals surface area (Å²) in [4.78, 5) is 12.3. The van der Waals surface area contributed by atoms with Gasteiger partial charge >= 0.3 is 0 Å². The van der Waals surface area contributed by atoms with E-state index in [9.17, 15) is 4.79 Å². The molecule has 3 aromatic rings. The Balaban J connectivity index is 1.58. The highest BCUT2D eigenvalue weighted by Gasteiger charge is 2.15. The van der Waals surface area contributed by atoms with E-state index in [2.05, 4.69) is 11.4 Å². The zero-order chi connectivity index (χ0) is 20.8. The molecule has 0 radical (unpaired) electrons. The van der Waals surface area contributed by atoms with Crippen molar-refractivity contribution in [3.05, 3.63) is 82.3 Å².